The highest BCUT2D eigenvalue weighted by atomic mass is 15.2. The van der Waals surface area contributed by atoms with Crippen LogP contribution in [0.15, 0.2) is 30.3 Å². The molecule has 0 spiro atoms. The van der Waals surface area contributed by atoms with Gasteiger partial charge in [0.2, 0.25) is 0 Å². The fourth-order valence-corrected chi connectivity index (χ4v) is 2.76. The standard InChI is InChI=1S/C15H25N3/c1-15(2,18-10-8-17-9-11-18)12-14(16)13-6-4-3-5-7-13/h3-7,14,17H,8-12,16H2,1-2H3. The van der Waals surface area contributed by atoms with E-state index in [1.54, 1.807) is 0 Å². The van der Waals surface area contributed by atoms with E-state index in [1.807, 2.05) is 6.07 Å². The second-order valence-corrected chi connectivity index (χ2v) is 5.77. The van der Waals surface area contributed by atoms with Gasteiger partial charge in [-0.05, 0) is 25.8 Å². The molecule has 0 saturated carbocycles. The SMILES string of the molecule is CC(C)(CC(N)c1ccccc1)N1CCNCC1. The van der Waals surface area contributed by atoms with E-state index in [0.29, 0.717) is 0 Å². The second-order valence-electron chi connectivity index (χ2n) is 5.77. The summed E-state index contributed by atoms with van der Waals surface area (Å²) in [5.41, 5.74) is 7.75. The Balaban J connectivity index is 1.98. The lowest BCUT2D eigenvalue weighted by molar-refractivity contribution is 0.0893. The smallest absolute Gasteiger partial charge is 0.0312 e. The highest BCUT2D eigenvalue weighted by molar-refractivity contribution is 5.19. The zero-order chi connectivity index (χ0) is 13.0. The van der Waals surface area contributed by atoms with E-state index >= 15 is 0 Å². The van der Waals surface area contributed by atoms with E-state index in [9.17, 15) is 0 Å². The predicted molar refractivity (Wildman–Crippen MR) is 76.5 cm³/mol. The predicted octanol–water partition coefficient (Wildman–Crippen LogP) is 1.76. The fourth-order valence-electron chi connectivity index (χ4n) is 2.76. The molecular formula is C15H25N3. The molecule has 100 valence electrons. The van der Waals surface area contributed by atoms with E-state index in [-0.39, 0.29) is 11.6 Å². The normalized spacial score (nSPS) is 19.7. The van der Waals surface area contributed by atoms with Gasteiger partial charge in [0.05, 0.1) is 0 Å². The number of hydrogen-bond donors (Lipinski definition) is 2. The van der Waals surface area contributed by atoms with Crippen LogP contribution in [0.2, 0.25) is 0 Å². The number of nitrogens with two attached hydrogens (primary N) is 1. The summed E-state index contributed by atoms with van der Waals surface area (Å²) >= 11 is 0. The summed E-state index contributed by atoms with van der Waals surface area (Å²) in [5, 5.41) is 3.40. The van der Waals surface area contributed by atoms with Crippen molar-refractivity contribution in [3.8, 4) is 0 Å². The molecule has 3 heteroatoms. The summed E-state index contributed by atoms with van der Waals surface area (Å²) in [7, 11) is 0. The molecule has 1 aromatic rings. The Labute approximate surface area is 110 Å². The van der Waals surface area contributed by atoms with Crippen molar-refractivity contribution in [1.29, 1.82) is 0 Å². The van der Waals surface area contributed by atoms with Crippen molar-refractivity contribution in [2.24, 2.45) is 5.73 Å². The topological polar surface area (TPSA) is 41.3 Å². The van der Waals surface area contributed by atoms with Crippen molar-refractivity contribution >= 4 is 0 Å². The highest BCUT2D eigenvalue weighted by Crippen LogP contribution is 2.26. The van der Waals surface area contributed by atoms with Crippen LogP contribution >= 0.6 is 0 Å². The number of rotatable bonds is 4. The van der Waals surface area contributed by atoms with E-state index in [2.05, 4.69) is 48.3 Å². The third kappa shape index (κ3) is 3.31. The zero-order valence-corrected chi connectivity index (χ0v) is 11.5. The van der Waals surface area contributed by atoms with Crippen LogP contribution in [0.4, 0.5) is 0 Å². The molecule has 2 rings (SSSR count). The summed E-state index contributed by atoms with van der Waals surface area (Å²) in [6.45, 7) is 9.03. The molecule has 1 aliphatic rings. The van der Waals surface area contributed by atoms with Crippen LogP contribution in [0.5, 0.6) is 0 Å². The maximum absolute atomic E-state index is 6.35. The van der Waals surface area contributed by atoms with Crippen LogP contribution in [0.3, 0.4) is 0 Å². The Hall–Kier alpha value is -0.900. The third-order valence-corrected chi connectivity index (χ3v) is 3.92. The van der Waals surface area contributed by atoms with Gasteiger partial charge in [-0.3, -0.25) is 4.90 Å². The maximum Gasteiger partial charge on any atom is 0.0312 e. The number of nitrogens with one attached hydrogen (secondary N) is 1. The Bertz CT molecular complexity index is 355. The summed E-state index contributed by atoms with van der Waals surface area (Å²) < 4.78 is 0. The molecule has 1 heterocycles. The van der Waals surface area contributed by atoms with Crippen molar-refractivity contribution in [1.82, 2.24) is 10.2 Å². The number of nitrogens with zero attached hydrogens (tertiary/aromatic N) is 1. The molecular weight excluding hydrogens is 222 g/mol. The quantitative estimate of drug-likeness (QED) is 0.852. The molecule has 0 amide bonds. The highest BCUT2D eigenvalue weighted by Gasteiger charge is 2.29. The molecule has 1 atom stereocenters. The Kier molecular flexibility index (Phi) is 4.38. The van der Waals surface area contributed by atoms with Gasteiger partial charge in [-0.2, -0.15) is 0 Å². The average molecular weight is 247 g/mol. The van der Waals surface area contributed by atoms with Crippen molar-refractivity contribution in [2.45, 2.75) is 31.8 Å². The van der Waals surface area contributed by atoms with Gasteiger partial charge in [-0.1, -0.05) is 30.3 Å². The van der Waals surface area contributed by atoms with Gasteiger partial charge in [0.15, 0.2) is 0 Å². The lowest BCUT2D eigenvalue weighted by Crippen LogP contribution is -2.54. The van der Waals surface area contributed by atoms with Crippen LogP contribution in [-0.4, -0.2) is 36.6 Å². The fraction of sp³-hybridized carbons (Fsp3) is 0.600. The lowest BCUT2D eigenvalue weighted by Gasteiger charge is -2.42. The lowest BCUT2D eigenvalue weighted by atomic mass is 9.89. The van der Waals surface area contributed by atoms with Gasteiger partial charge >= 0.3 is 0 Å². The molecule has 0 bridgehead atoms. The number of benzene rings is 1. The molecule has 1 aliphatic heterocycles. The summed E-state index contributed by atoms with van der Waals surface area (Å²) in [4.78, 5) is 2.55. The minimum atomic E-state index is 0.121. The first-order chi connectivity index (χ1) is 8.59. The van der Waals surface area contributed by atoms with E-state index in [0.717, 1.165) is 32.6 Å². The van der Waals surface area contributed by atoms with Crippen LogP contribution in [0.1, 0.15) is 31.9 Å². The molecule has 3 N–H and O–H groups in total. The van der Waals surface area contributed by atoms with Crippen LogP contribution in [-0.2, 0) is 0 Å². The summed E-state index contributed by atoms with van der Waals surface area (Å²) in [6, 6.07) is 10.5. The zero-order valence-electron chi connectivity index (χ0n) is 11.5. The largest absolute Gasteiger partial charge is 0.324 e. The van der Waals surface area contributed by atoms with Crippen LogP contribution < -0.4 is 11.1 Å². The Morgan fingerprint density at radius 3 is 2.44 bits per heavy atom. The number of hydrogen-bond acceptors (Lipinski definition) is 3. The van der Waals surface area contributed by atoms with Gasteiger partial charge in [0.1, 0.15) is 0 Å². The van der Waals surface area contributed by atoms with Crippen molar-refractivity contribution in [3.05, 3.63) is 35.9 Å². The third-order valence-electron chi connectivity index (χ3n) is 3.92. The first-order valence-corrected chi connectivity index (χ1v) is 6.86. The molecule has 1 unspecified atom stereocenters. The number of piperazine rings is 1. The van der Waals surface area contributed by atoms with Crippen molar-refractivity contribution in [3.63, 3.8) is 0 Å². The Morgan fingerprint density at radius 2 is 1.83 bits per heavy atom. The first kappa shape index (κ1) is 13.5. The molecule has 0 radical (unpaired) electrons. The van der Waals surface area contributed by atoms with Gasteiger partial charge in [-0.25, -0.2) is 0 Å². The summed E-state index contributed by atoms with van der Waals surface area (Å²) in [5.74, 6) is 0. The van der Waals surface area contributed by atoms with Crippen LogP contribution in [0.25, 0.3) is 0 Å². The van der Waals surface area contributed by atoms with Crippen LogP contribution in [0, 0.1) is 0 Å². The first-order valence-electron chi connectivity index (χ1n) is 6.86. The molecule has 1 fully saturated rings. The van der Waals surface area contributed by atoms with Gasteiger partial charge in [0, 0.05) is 37.8 Å². The van der Waals surface area contributed by atoms with E-state index in [1.165, 1.54) is 5.56 Å². The molecule has 0 aliphatic carbocycles. The maximum atomic E-state index is 6.35. The Morgan fingerprint density at radius 1 is 1.22 bits per heavy atom. The van der Waals surface area contributed by atoms with Gasteiger partial charge in [0.25, 0.3) is 0 Å². The van der Waals surface area contributed by atoms with Gasteiger partial charge < -0.3 is 11.1 Å². The van der Waals surface area contributed by atoms with Crippen molar-refractivity contribution < 1.29 is 0 Å². The summed E-state index contributed by atoms with van der Waals surface area (Å²) in [6.07, 6.45) is 0.997. The molecule has 1 aromatic carbocycles. The minimum Gasteiger partial charge on any atom is -0.324 e. The molecule has 18 heavy (non-hydrogen) atoms. The average Bonchev–Trinajstić information content (AvgIpc) is 2.40. The van der Waals surface area contributed by atoms with Gasteiger partial charge in [-0.15, -0.1) is 0 Å². The van der Waals surface area contributed by atoms with E-state index in [4.69, 9.17) is 5.73 Å². The second kappa shape index (κ2) is 5.83. The minimum absolute atomic E-state index is 0.121. The molecule has 1 saturated heterocycles. The van der Waals surface area contributed by atoms with E-state index < -0.39 is 0 Å². The monoisotopic (exact) mass is 247 g/mol. The molecule has 3 nitrogen and oxygen atoms in total. The van der Waals surface area contributed by atoms with Crippen molar-refractivity contribution in [2.75, 3.05) is 26.2 Å². The molecule has 0 aromatic heterocycles.